The summed E-state index contributed by atoms with van der Waals surface area (Å²) >= 11 is 0. The van der Waals surface area contributed by atoms with Crippen molar-refractivity contribution in [2.75, 3.05) is 19.6 Å². The van der Waals surface area contributed by atoms with Crippen molar-refractivity contribution in [2.24, 2.45) is 21.6 Å². The van der Waals surface area contributed by atoms with Crippen LogP contribution in [0.4, 0.5) is 0 Å². The number of nitrogens with zero attached hydrogens (tertiary/aromatic N) is 1. The average Bonchev–Trinajstić information content (AvgIpc) is 2.34. The summed E-state index contributed by atoms with van der Waals surface area (Å²) in [6, 6.07) is 0. The van der Waals surface area contributed by atoms with Gasteiger partial charge < -0.3 is 16.4 Å². The molecule has 0 heterocycles. The van der Waals surface area contributed by atoms with Gasteiger partial charge in [-0.25, -0.2) is 0 Å². The lowest BCUT2D eigenvalue weighted by Crippen LogP contribution is -2.46. The van der Waals surface area contributed by atoms with Crippen LogP contribution >= 0.6 is 24.0 Å². The van der Waals surface area contributed by atoms with Crippen LogP contribution in [0.2, 0.25) is 0 Å². The van der Waals surface area contributed by atoms with E-state index in [-0.39, 0.29) is 29.9 Å². The zero-order valence-electron chi connectivity index (χ0n) is 13.8. The number of halogens is 1. The van der Waals surface area contributed by atoms with Gasteiger partial charge in [-0.3, -0.25) is 9.79 Å². The first-order chi connectivity index (χ1) is 9.35. The standard InChI is InChI=1S/C15H30N4O.HI/c1-5-15(8-7-9-15)11-19-13(17-6-2)18-10-14(3,4)12(16)20;/h5-11H2,1-4H3,(H2,16,20)(H2,17,18,19);1H. The van der Waals surface area contributed by atoms with E-state index in [1.807, 2.05) is 20.8 Å². The minimum Gasteiger partial charge on any atom is -0.369 e. The Hall–Kier alpha value is -0.530. The molecule has 0 aromatic heterocycles. The number of nitrogens with two attached hydrogens (primary N) is 1. The van der Waals surface area contributed by atoms with Crippen molar-refractivity contribution in [3.8, 4) is 0 Å². The van der Waals surface area contributed by atoms with Crippen LogP contribution in [-0.4, -0.2) is 31.5 Å². The number of nitrogens with one attached hydrogen (secondary N) is 2. The predicted molar refractivity (Wildman–Crippen MR) is 98.9 cm³/mol. The maximum atomic E-state index is 11.3. The van der Waals surface area contributed by atoms with Crippen LogP contribution in [0.3, 0.4) is 0 Å². The lowest BCUT2D eigenvalue weighted by molar-refractivity contribution is -0.125. The van der Waals surface area contributed by atoms with E-state index in [2.05, 4.69) is 22.5 Å². The summed E-state index contributed by atoms with van der Waals surface area (Å²) in [5.74, 6) is 0.461. The van der Waals surface area contributed by atoms with Crippen LogP contribution in [0.25, 0.3) is 0 Å². The highest BCUT2D eigenvalue weighted by Crippen LogP contribution is 2.42. The van der Waals surface area contributed by atoms with Gasteiger partial charge in [0.1, 0.15) is 0 Å². The number of amides is 1. The van der Waals surface area contributed by atoms with Gasteiger partial charge in [-0.05, 0) is 45.4 Å². The largest absolute Gasteiger partial charge is 0.369 e. The summed E-state index contributed by atoms with van der Waals surface area (Å²) in [5.41, 5.74) is 5.21. The summed E-state index contributed by atoms with van der Waals surface area (Å²) in [5, 5.41) is 6.64. The van der Waals surface area contributed by atoms with Crippen LogP contribution in [0, 0.1) is 10.8 Å². The van der Waals surface area contributed by atoms with Crippen LogP contribution in [-0.2, 0) is 4.79 Å². The molecule has 0 aliphatic heterocycles. The molecule has 5 nitrogen and oxygen atoms in total. The number of primary amides is 1. The maximum Gasteiger partial charge on any atom is 0.224 e. The molecule has 0 aromatic rings. The maximum absolute atomic E-state index is 11.3. The van der Waals surface area contributed by atoms with E-state index in [0.717, 1.165) is 19.0 Å². The zero-order chi connectivity index (χ0) is 15.2. The van der Waals surface area contributed by atoms with Gasteiger partial charge in [0.2, 0.25) is 5.91 Å². The molecular weight excluding hydrogens is 379 g/mol. The van der Waals surface area contributed by atoms with Crippen LogP contribution in [0.15, 0.2) is 4.99 Å². The van der Waals surface area contributed by atoms with Gasteiger partial charge in [0.15, 0.2) is 5.96 Å². The Labute approximate surface area is 145 Å². The third-order valence-corrected chi connectivity index (χ3v) is 4.44. The minimum atomic E-state index is -0.610. The number of rotatable bonds is 7. The molecule has 0 radical (unpaired) electrons. The Morgan fingerprint density at radius 2 is 1.90 bits per heavy atom. The lowest BCUT2D eigenvalue weighted by Gasteiger charge is -2.41. The van der Waals surface area contributed by atoms with E-state index < -0.39 is 5.41 Å². The van der Waals surface area contributed by atoms with E-state index in [1.54, 1.807) is 0 Å². The first kappa shape index (κ1) is 20.5. The van der Waals surface area contributed by atoms with E-state index >= 15 is 0 Å². The highest BCUT2D eigenvalue weighted by Gasteiger charge is 2.35. The number of guanidine groups is 1. The van der Waals surface area contributed by atoms with Crippen molar-refractivity contribution >= 4 is 35.8 Å². The van der Waals surface area contributed by atoms with Gasteiger partial charge in [-0.15, -0.1) is 24.0 Å². The predicted octanol–water partition coefficient (Wildman–Crippen LogP) is 2.25. The van der Waals surface area contributed by atoms with Crippen LogP contribution in [0.1, 0.15) is 53.4 Å². The molecule has 1 amide bonds. The Bertz CT molecular complexity index is 359. The third-order valence-electron chi connectivity index (χ3n) is 4.44. The number of hydrogen-bond acceptors (Lipinski definition) is 2. The van der Waals surface area contributed by atoms with Gasteiger partial charge in [0.25, 0.3) is 0 Å². The molecular formula is C15H31IN4O. The van der Waals surface area contributed by atoms with Gasteiger partial charge in [-0.2, -0.15) is 0 Å². The zero-order valence-corrected chi connectivity index (χ0v) is 16.1. The number of carbonyl (C=O) groups excluding carboxylic acids is 1. The Morgan fingerprint density at radius 3 is 2.29 bits per heavy atom. The summed E-state index contributed by atoms with van der Waals surface area (Å²) < 4.78 is 0. The number of aliphatic imine (C=N–C) groups is 1. The second-order valence-corrected chi connectivity index (χ2v) is 6.50. The van der Waals surface area contributed by atoms with Crippen LogP contribution < -0.4 is 16.4 Å². The summed E-state index contributed by atoms with van der Waals surface area (Å²) in [6.45, 7) is 10.1. The first-order valence-electron chi connectivity index (χ1n) is 7.67. The average molecular weight is 410 g/mol. The van der Waals surface area contributed by atoms with E-state index in [9.17, 15) is 4.79 Å². The summed E-state index contributed by atoms with van der Waals surface area (Å²) in [7, 11) is 0. The molecule has 124 valence electrons. The highest BCUT2D eigenvalue weighted by molar-refractivity contribution is 14.0. The molecule has 0 saturated heterocycles. The Balaban J connectivity index is 0.00000400. The first-order valence-corrected chi connectivity index (χ1v) is 7.67. The fourth-order valence-corrected chi connectivity index (χ4v) is 2.30. The van der Waals surface area contributed by atoms with Gasteiger partial charge >= 0.3 is 0 Å². The topological polar surface area (TPSA) is 79.5 Å². The molecule has 0 atom stereocenters. The van der Waals surface area contributed by atoms with Crippen molar-refractivity contribution in [3.63, 3.8) is 0 Å². The molecule has 1 saturated carbocycles. The smallest absolute Gasteiger partial charge is 0.224 e. The molecule has 0 spiro atoms. The van der Waals surface area contributed by atoms with Crippen molar-refractivity contribution in [2.45, 2.75) is 53.4 Å². The molecule has 4 N–H and O–H groups in total. The summed E-state index contributed by atoms with van der Waals surface area (Å²) in [6.07, 6.45) is 5.12. The molecule has 1 fully saturated rings. The lowest BCUT2D eigenvalue weighted by atomic mass is 9.67. The molecule has 21 heavy (non-hydrogen) atoms. The van der Waals surface area contributed by atoms with E-state index in [0.29, 0.717) is 12.0 Å². The third kappa shape index (κ3) is 6.00. The second-order valence-electron chi connectivity index (χ2n) is 6.50. The van der Waals surface area contributed by atoms with Crippen molar-refractivity contribution in [1.82, 2.24) is 10.6 Å². The van der Waals surface area contributed by atoms with Gasteiger partial charge in [0, 0.05) is 13.1 Å². The Kier molecular flexibility index (Phi) is 8.58. The van der Waals surface area contributed by atoms with Crippen molar-refractivity contribution in [3.05, 3.63) is 0 Å². The molecule has 0 unspecified atom stereocenters. The van der Waals surface area contributed by atoms with Gasteiger partial charge in [0.05, 0.1) is 12.0 Å². The fourth-order valence-electron chi connectivity index (χ4n) is 2.30. The van der Waals surface area contributed by atoms with Crippen LogP contribution in [0.5, 0.6) is 0 Å². The van der Waals surface area contributed by atoms with E-state index in [1.165, 1.54) is 25.7 Å². The van der Waals surface area contributed by atoms with Crippen molar-refractivity contribution in [1.29, 1.82) is 0 Å². The summed E-state index contributed by atoms with van der Waals surface area (Å²) in [4.78, 5) is 15.8. The fraction of sp³-hybridized carbons (Fsp3) is 0.867. The normalized spacial score (nSPS) is 17.4. The SMILES string of the molecule is CCNC(=NCC(C)(C)C(N)=O)NCC1(CC)CCC1.I. The van der Waals surface area contributed by atoms with Gasteiger partial charge in [-0.1, -0.05) is 13.3 Å². The minimum absolute atomic E-state index is 0. The molecule has 0 aromatic carbocycles. The molecule has 6 heteroatoms. The molecule has 1 rings (SSSR count). The number of carbonyl (C=O) groups is 1. The monoisotopic (exact) mass is 410 g/mol. The van der Waals surface area contributed by atoms with E-state index in [4.69, 9.17) is 5.73 Å². The molecule has 0 bridgehead atoms. The number of hydrogen-bond donors (Lipinski definition) is 3. The Morgan fingerprint density at radius 1 is 1.29 bits per heavy atom. The quantitative estimate of drug-likeness (QED) is 0.342. The molecule has 1 aliphatic rings. The highest BCUT2D eigenvalue weighted by atomic mass is 127. The molecule has 1 aliphatic carbocycles. The second kappa shape index (κ2) is 8.80. The van der Waals surface area contributed by atoms with Crippen molar-refractivity contribution < 1.29 is 4.79 Å².